The van der Waals surface area contributed by atoms with E-state index in [1.54, 1.807) is 11.3 Å². The Bertz CT molecular complexity index is 936. The minimum absolute atomic E-state index is 0.160. The number of carbonyl (C=O) groups excluding carboxylic acids is 1. The SMILES string of the molecule is O=C(Cc1csc(-c2ccccc2)n1)N1CCN(Cc2cccc(Cl)c2)CC1. The van der Waals surface area contributed by atoms with Crippen LogP contribution < -0.4 is 0 Å². The highest BCUT2D eigenvalue weighted by atomic mass is 35.5. The number of halogens is 1. The normalized spacial score (nSPS) is 15.0. The number of amides is 1. The first kappa shape index (κ1) is 19.1. The van der Waals surface area contributed by atoms with E-state index in [1.807, 2.05) is 58.8 Å². The van der Waals surface area contributed by atoms with E-state index in [-0.39, 0.29) is 5.91 Å². The summed E-state index contributed by atoms with van der Waals surface area (Å²) >= 11 is 7.66. The second kappa shape index (κ2) is 8.86. The fourth-order valence-corrected chi connectivity index (χ4v) is 4.46. The molecule has 1 aliphatic heterocycles. The van der Waals surface area contributed by atoms with Crippen LogP contribution in [0.15, 0.2) is 60.0 Å². The molecular weight excluding hydrogens is 390 g/mol. The predicted octanol–water partition coefficient (Wildman–Crippen LogP) is 4.35. The fourth-order valence-electron chi connectivity index (χ4n) is 3.42. The van der Waals surface area contributed by atoms with Crippen molar-refractivity contribution in [2.45, 2.75) is 13.0 Å². The highest BCUT2D eigenvalue weighted by Gasteiger charge is 2.22. The van der Waals surface area contributed by atoms with Gasteiger partial charge in [0.1, 0.15) is 5.01 Å². The third-order valence-corrected chi connectivity index (χ3v) is 6.10. The van der Waals surface area contributed by atoms with E-state index in [4.69, 9.17) is 11.6 Å². The van der Waals surface area contributed by atoms with Gasteiger partial charge in [-0.3, -0.25) is 9.69 Å². The average molecular weight is 412 g/mol. The van der Waals surface area contributed by atoms with Crippen molar-refractivity contribution in [2.75, 3.05) is 26.2 Å². The molecule has 4 rings (SSSR count). The van der Waals surface area contributed by atoms with Crippen LogP contribution in [0.3, 0.4) is 0 Å². The van der Waals surface area contributed by atoms with Crippen molar-refractivity contribution >= 4 is 28.8 Å². The molecule has 0 N–H and O–H groups in total. The molecule has 4 nitrogen and oxygen atoms in total. The van der Waals surface area contributed by atoms with Crippen molar-refractivity contribution in [3.63, 3.8) is 0 Å². The van der Waals surface area contributed by atoms with Crippen LogP contribution in [0, 0.1) is 0 Å². The first-order chi connectivity index (χ1) is 13.7. The molecule has 0 aliphatic carbocycles. The summed E-state index contributed by atoms with van der Waals surface area (Å²) in [5.41, 5.74) is 3.17. The first-order valence-corrected chi connectivity index (χ1v) is 10.7. The van der Waals surface area contributed by atoms with Crippen LogP contribution in [0.25, 0.3) is 10.6 Å². The standard InChI is InChI=1S/C22H22ClN3OS/c23-19-8-4-5-17(13-19)15-25-9-11-26(12-10-25)21(27)14-20-16-28-22(24-20)18-6-2-1-3-7-18/h1-8,13,16H,9-12,14-15H2. The average Bonchev–Trinajstić information content (AvgIpc) is 3.18. The van der Waals surface area contributed by atoms with Gasteiger partial charge in [-0.2, -0.15) is 0 Å². The predicted molar refractivity (Wildman–Crippen MR) is 115 cm³/mol. The van der Waals surface area contributed by atoms with Gasteiger partial charge in [0, 0.05) is 48.7 Å². The highest BCUT2D eigenvalue weighted by molar-refractivity contribution is 7.13. The quantitative estimate of drug-likeness (QED) is 0.626. The fraction of sp³-hybridized carbons (Fsp3) is 0.273. The van der Waals surface area contributed by atoms with Gasteiger partial charge in [-0.25, -0.2) is 4.98 Å². The number of hydrogen-bond donors (Lipinski definition) is 0. The molecule has 144 valence electrons. The molecule has 0 bridgehead atoms. The zero-order chi connectivity index (χ0) is 19.3. The number of hydrogen-bond acceptors (Lipinski definition) is 4. The number of thiazole rings is 1. The van der Waals surface area contributed by atoms with Gasteiger partial charge >= 0.3 is 0 Å². The second-order valence-corrected chi connectivity index (χ2v) is 8.27. The maximum atomic E-state index is 12.7. The molecule has 0 spiro atoms. The number of piperazine rings is 1. The Morgan fingerprint density at radius 2 is 1.82 bits per heavy atom. The molecule has 0 saturated carbocycles. The Morgan fingerprint density at radius 3 is 2.57 bits per heavy atom. The minimum atomic E-state index is 0.160. The smallest absolute Gasteiger partial charge is 0.228 e. The lowest BCUT2D eigenvalue weighted by atomic mass is 10.2. The van der Waals surface area contributed by atoms with E-state index in [0.717, 1.165) is 54.0 Å². The van der Waals surface area contributed by atoms with Gasteiger partial charge in [0.25, 0.3) is 0 Å². The van der Waals surface area contributed by atoms with Crippen LogP contribution in [0.2, 0.25) is 5.02 Å². The Hall–Kier alpha value is -2.21. The van der Waals surface area contributed by atoms with Crippen LogP contribution >= 0.6 is 22.9 Å². The molecular formula is C22H22ClN3OS. The molecule has 2 aromatic carbocycles. The maximum Gasteiger partial charge on any atom is 0.228 e. The second-order valence-electron chi connectivity index (χ2n) is 6.97. The van der Waals surface area contributed by atoms with E-state index in [0.29, 0.717) is 6.42 Å². The molecule has 2 heterocycles. The van der Waals surface area contributed by atoms with E-state index in [9.17, 15) is 4.79 Å². The van der Waals surface area contributed by atoms with E-state index < -0.39 is 0 Å². The summed E-state index contributed by atoms with van der Waals surface area (Å²) in [5, 5.41) is 3.73. The summed E-state index contributed by atoms with van der Waals surface area (Å²) in [6.45, 7) is 4.15. The molecule has 28 heavy (non-hydrogen) atoms. The van der Waals surface area contributed by atoms with E-state index >= 15 is 0 Å². The Kier molecular flexibility index (Phi) is 6.05. The Balaban J connectivity index is 1.29. The monoisotopic (exact) mass is 411 g/mol. The molecule has 1 aromatic heterocycles. The summed E-state index contributed by atoms with van der Waals surface area (Å²) < 4.78 is 0. The molecule has 1 fully saturated rings. The van der Waals surface area contributed by atoms with Crippen molar-refractivity contribution in [1.82, 2.24) is 14.8 Å². The third kappa shape index (κ3) is 4.79. The lowest BCUT2D eigenvalue weighted by Gasteiger charge is -2.34. The minimum Gasteiger partial charge on any atom is -0.340 e. The Morgan fingerprint density at radius 1 is 1.04 bits per heavy atom. The van der Waals surface area contributed by atoms with Gasteiger partial charge in [-0.15, -0.1) is 11.3 Å². The first-order valence-electron chi connectivity index (χ1n) is 9.42. The molecule has 6 heteroatoms. The van der Waals surface area contributed by atoms with E-state index in [1.165, 1.54) is 5.56 Å². The highest BCUT2D eigenvalue weighted by Crippen LogP contribution is 2.23. The maximum absolute atomic E-state index is 12.7. The molecule has 1 aliphatic rings. The van der Waals surface area contributed by atoms with Crippen molar-refractivity contribution in [1.29, 1.82) is 0 Å². The van der Waals surface area contributed by atoms with Crippen LogP contribution in [-0.4, -0.2) is 46.9 Å². The molecule has 3 aromatic rings. The van der Waals surface area contributed by atoms with Crippen LogP contribution in [0.1, 0.15) is 11.3 Å². The summed E-state index contributed by atoms with van der Waals surface area (Å²) in [4.78, 5) is 21.6. The summed E-state index contributed by atoms with van der Waals surface area (Å²) in [6.07, 6.45) is 0.373. The van der Waals surface area contributed by atoms with Crippen molar-refractivity contribution in [2.24, 2.45) is 0 Å². The molecule has 1 saturated heterocycles. The van der Waals surface area contributed by atoms with Crippen molar-refractivity contribution in [3.05, 3.63) is 76.3 Å². The van der Waals surface area contributed by atoms with Crippen LogP contribution in [-0.2, 0) is 17.8 Å². The number of benzene rings is 2. The Labute approximate surface area is 174 Å². The molecule has 0 radical (unpaired) electrons. The lowest BCUT2D eigenvalue weighted by Crippen LogP contribution is -2.48. The van der Waals surface area contributed by atoms with Gasteiger partial charge < -0.3 is 4.90 Å². The van der Waals surface area contributed by atoms with Crippen LogP contribution in [0.5, 0.6) is 0 Å². The summed E-state index contributed by atoms with van der Waals surface area (Å²) in [7, 11) is 0. The van der Waals surface area contributed by atoms with E-state index in [2.05, 4.69) is 16.0 Å². The number of nitrogens with zero attached hydrogens (tertiary/aromatic N) is 3. The molecule has 0 atom stereocenters. The van der Waals surface area contributed by atoms with Crippen LogP contribution in [0.4, 0.5) is 0 Å². The lowest BCUT2D eigenvalue weighted by molar-refractivity contribution is -0.132. The number of aromatic nitrogens is 1. The van der Waals surface area contributed by atoms with Crippen molar-refractivity contribution < 1.29 is 4.79 Å². The largest absolute Gasteiger partial charge is 0.340 e. The van der Waals surface area contributed by atoms with Gasteiger partial charge in [0.2, 0.25) is 5.91 Å². The molecule has 0 unspecified atom stereocenters. The van der Waals surface area contributed by atoms with Gasteiger partial charge in [0.15, 0.2) is 0 Å². The zero-order valence-corrected chi connectivity index (χ0v) is 17.1. The van der Waals surface area contributed by atoms with Crippen molar-refractivity contribution in [3.8, 4) is 10.6 Å². The molecule has 1 amide bonds. The van der Waals surface area contributed by atoms with Gasteiger partial charge in [-0.05, 0) is 17.7 Å². The zero-order valence-electron chi connectivity index (χ0n) is 15.6. The number of rotatable bonds is 5. The summed E-state index contributed by atoms with van der Waals surface area (Å²) in [6, 6.07) is 18.1. The number of carbonyl (C=O) groups is 1. The van der Waals surface area contributed by atoms with Gasteiger partial charge in [-0.1, -0.05) is 54.1 Å². The topological polar surface area (TPSA) is 36.4 Å². The van der Waals surface area contributed by atoms with Gasteiger partial charge in [0.05, 0.1) is 12.1 Å². The summed E-state index contributed by atoms with van der Waals surface area (Å²) in [5.74, 6) is 0.160. The third-order valence-electron chi connectivity index (χ3n) is 4.93.